The Morgan fingerprint density at radius 1 is 1.44 bits per heavy atom. The number of nitrogens with one attached hydrogen (secondary N) is 1. The van der Waals surface area contributed by atoms with Crippen molar-refractivity contribution in [3.8, 4) is 5.75 Å². The first-order valence-corrected chi connectivity index (χ1v) is 6.95. The lowest BCUT2D eigenvalue weighted by Gasteiger charge is -2.33. The van der Waals surface area contributed by atoms with Crippen LogP contribution in [0.1, 0.15) is 6.92 Å². The molecule has 0 spiro atoms. The van der Waals surface area contributed by atoms with E-state index in [0.29, 0.717) is 28.4 Å². The number of halogens is 2. The van der Waals surface area contributed by atoms with Gasteiger partial charge in [0.05, 0.1) is 5.02 Å². The summed E-state index contributed by atoms with van der Waals surface area (Å²) in [6.45, 7) is 6.95. The molecule has 1 fully saturated rings. The maximum atomic E-state index is 6.05. The van der Waals surface area contributed by atoms with E-state index in [0.717, 1.165) is 26.2 Å². The van der Waals surface area contributed by atoms with E-state index in [1.807, 2.05) is 6.07 Å². The van der Waals surface area contributed by atoms with Gasteiger partial charge >= 0.3 is 0 Å². The summed E-state index contributed by atoms with van der Waals surface area (Å²) in [4.78, 5) is 2.42. The fourth-order valence-corrected chi connectivity index (χ4v) is 2.54. The van der Waals surface area contributed by atoms with E-state index in [4.69, 9.17) is 27.9 Å². The molecule has 1 N–H and O–H groups in total. The van der Waals surface area contributed by atoms with Gasteiger partial charge in [-0.15, -0.1) is 0 Å². The second kappa shape index (κ2) is 6.62. The summed E-state index contributed by atoms with van der Waals surface area (Å²) in [5, 5.41) is 4.56. The molecule has 1 atom stereocenters. The number of rotatable bonds is 4. The van der Waals surface area contributed by atoms with Gasteiger partial charge in [-0.3, -0.25) is 4.90 Å². The Labute approximate surface area is 118 Å². The first-order valence-electron chi connectivity index (χ1n) is 6.19. The number of piperazine rings is 1. The Bertz CT molecular complexity index is 401. The summed E-state index contributed by atoms with van der Waals surface area (Å²) < 4.78 is 5.69. The zero-order valence-electron chi connectivity index (χ0n) is 10.5. The SMILES string of the molecule is C[C@H]1CNCCN1CCOc1ccc(Cl)cc1Cl. The van der Waals surface area contributed by atoms with Gasteiger partial charge in [-0.2, -0.15) is 0 Å². The van der Waals surface area contributed by atoms with Crippen LogP contribution in [0.4, 0.5) is 0 Å². The molecule has 1 heterocycles. The number of hydrogen-bond acceptors (Lipinski definition) is 3. The third-order valence-corrected chi connectivity index (χ3v) is 3.70. The van der Waals surface area contributed by atoms with Crippen LogP contribution in [0.2, 0.25) is 10.0 Å². The molecule has 1 aliphatic heterocycles. The molecule has 1 aliphatic rings. The molecular weight excluding hydrogens is 271 g/mol. The average molecular weight is 289 g/mol. The lowest BCUT2D eigenvalue weighted by molar-refractivity contribution is 0.143. The van der Waals surface area contributed by atoms with Crippen LogP contribution in [0, 0.1) is 0 Å². The second-order valence-electron chi connectivity index (χ2n) is 4.51. The Hall–Kier alpha value is -0.480. The van der Waals surface area contributed by atoms with Crippen LogP contribution >= 0.6 is 23.2 Å². The van der Waals surface area contributed by atoms with Gasteiger partial charge in [-0.1, -0.05) is 23.2 Å². The molecule has 0 aromatic heterocycles. The number of nitrogens with zero attached hydrogens (tertiary/aromatic N) is 1. The number of benzene rings is 1. The van der Waals surface area contributed by atoms with Crippen molar-refractivity contribution in [2.75, 3.05) is 32.8 Å². The summed E-state index contributed by atoms with van der Waals surface area (Å²) in [6.07, 6.45) is 0. The number of hydrogen-bond donors (Lipinski definition) is 1. The van der Waals surface area contributed by atoms with Crippen molar-refractivity contribution < 1.29 is 4.74 Å². The van der Waals surface area contributed by atoms with E-state index in [9.17, 15) is 0 Å². The molecule has 3 nitrogen and oxygen atoms in total. The van der Waals surface area contributed by atoms with E-state index >= 15 is 0 Å². The van der Waals surface area contributed by atoms with Gasteiger partial charge in [-0.05, 0) is 25.1 Å². The van der Waals surface area contributed by atoms with Crippen LogP contribution in [-0.2, 0) is 0 Å². The average Bonchev–Trinajstić information content (AvgIpc) is 2.34. The first-order chi connectivity index (χ1) is 8.66. The Morgan fingerprint density at radius 3 is 3.00 bits per heavy atom. The van der Waals surface area contributed by atoms with Gasteiger partial charge < -0.3 is 10.1 Å². The Balaban J connectivity index is 1.81. The largest absolute Gasteiger partial charge is 0.491 e. The van der Waals surface area contributed by atoms with Crippen LogP contribution in [0.3, 0.4) is 0 Å². The molecule has 5 heteroatoms. The zero-order chi connectivity index (χ0) is 13.0. The van der Waals surface area contributed by atoms with Crippen molar-refractivity contribution in [3.05, 3.63) is 28.2 Å². The zero-order valence-corrected chi connectivity index (χ0v) is 12.0. The lowest BCUT2D eigenvalue weighted by atomic mass is 10.2. The lowest BCUT2D eigenvalue weighted by Crippen LogP contribution is -2.50. The standard InChI is InChI=1S/C13H18Cl2N2O/c1-10-9-16-4-5-17(10)6-7-18-13-3-2-11(14)8-12(13)15/h2-3,8,10,16H,4-7,9H2,1H3/t10-/m0/s1. The van der Waals surface area contributed by atoms with Crippen molar-refractivity contribution in [1.82, 2.24) is 10.2 Å². The topological polar surface area (TPSA) is 24.5 Å². The van der Waals surface area contributed by atoms with Gasteiger partial charge in [0.1, 0.15) is 12.4 Å². The molecule has 0 aliphatic carbocycles. The summed E-state index contributed by atoms with van der Waals surface area (Å²) >= 11 is 11.9. The molecule has 2 rings (SSSR count). The highest BCUT2D eigenvalue weighted by Gasteiger charge is 2.17. The summed E-state index contributed by atoms with van der Waals surface area (Å²) in [5.41, 5.74) is 0. The van der Waals surface area contributed by atoms with Crippen LogP contribution in [0.25, 0.3) is 0 Å². The maximum Gasteiger partial charge on any atom is 0.138 e. The van der Waals surface area contributed by atoms with Crippen molar-refractivity contribution in [3.63, 3.8) is 0 Å². The summed E-state index contributed by atoms with van der Waals surface area (Å²) in [5.74, 6) is 0.698. The molecular formula is C13H18Cl2N2O. The van der Waals surface area contributed by atoms with Crippen molar-refractivity contribution in [2.45, 2.75) is 13.0 Å². The molecule has 0 unspecified atom stereocenters. The smallest absolute Gasteiger partial charge is 0.138 e. The second-order valence-corrected chi connectivity index (χ2v) is 5.36. The van der Waals surface area contributed by atoms with E-state index in [2.05, 4.69) is 17.1 Å². The van der Waals surface area contributed by atoms with Crippen molar-refractivity contribution >= 4 is 23.2 Å². The summed E-state index contributed by atoms with van der Waals surface area (Å²) in [7, 11) is 0. The fraction of sp³-hybridized carbons (Fsp3) is 0.538. The highest BCUT2D eigenvalue weighted by molar-refractivity contribution is 6.35. The van der Waals surface area contributed by atoms with Gasteiger partial charge in [-0.25, -0.2) is 0 Å². The molecule has 0 radical (unpaired) electrons. The van der Waals surface area contributed by atoms with Gasteiger partial charge in [0, 0.05) is 37.2 Å². The van der Waals surface area contributed by atoms with E-state index < -0.39 is 0 Å². The molecule has 18 heavy (non-hydrogen) atoms. The first kappa shape index (κ1) is 13.9. The van der Waals surface area contributed by atoms with Crippen molar-refractivity contribution in [2.24, 2.45) is 0 Å². The maximum absolute atomic E-state index is 6.05. The van der Waals surface area contributed by atoms with Crippen LogP contribution in [-0.4, -0.2) is 43.7 Å². The summed E-state index contributed by atoms with van der Waals surface area (Å²) in [6, 6.07) is 5.86. The number of ether oxygens (including phenoxy) is 1. The van der Waals surface area contributed by atoms with Crippen molar-refractivity contribution in [1.29, 1.82) is 0 Å². The van der Waals surface area contributed by atoms with Gasteiger partial charge in [0.15, 0.2) is 0 Å². The minimum Gasteiger partial charge on any atom is -0.491 e. The molecule has 0 bridgehead atoms. The predicted molar refractivity (Wildman–Crippen MR) is 75.9 cm³/mol. The molecule has 1 aromatic rings. The van der Waals surface area contributed by atoms with E-state index in [1.54, 1.807) is 12.1 Å². The Morgan fingerprint density at radius 2 is 2.28 bits per heavy atom. The molecule has 0 saturated carbocycles. The van der Waals surface area contributed by atoms with E-state index in [1.165, 1.54) is 0 Å². The molecule has 0 amide bonds. The molecule has 1 aromatic carbocycles. The monoisotopic (exact) mass is 288 g/mol. The van der Waals surface area contributed by atoms with E-state index in [-0.39, 0.29) is 0 Å². The third-order valence-electron chi connectivity index (χ3n) is 3.17. The quantitative estimate of drug-likeness (QED) is 0.922. The van der Waals surface area contributed by atoms with Crippen LogP contribution in [0.5, 0.6) is 5.75 Å². The minimum absolute atomic E-state index is 0.558. The predicted octanol–water partition coefficient (Wildman–Crippen LogP) is 2.67. The molecule has 100 valence electrons. The normalized spacial score (nSPS) is 20.9. The highest BCUT2D eigenvalue weighted by Crippen LogP contribution is 2.27. The minimum atomic E-state index is 0.558. The van der Waals surface area contributed by atoms with Crippen LogP contribution < -0.4 is 10.1 Å². The van der Waals surface area contributed by atoms with Crippen LogP contribution in [0.15, 0.2) is 18.2 Å². The van der Waals surface area contributed by atoms with Gasteiger partial charge in [0.25, 0.3) is 0 Å². The van der Waals surface area contributed by atoms with Gasteiger partial charge in [0.2, 0.25) is 0 Å². The highest BCUT2D eigenvalue weighted by atomic mass is 35.5. The molecule has 1 saturated heterocycles. The fourth-order valence-electron chi connectivity index (χ4n) is 2.08. The third kappa shape index (κ3) is 3.75. The Kier molecular flexibility index (Phi) is 5.13.